The summed E-state index contributed by atoms with van der Waals surface area (Å²) in [6.07, 6.45) is 6.36. The number of ether oxygens (including phenoxy) is 2. The highest BCUT2D eigenvalue weighted by atomic mass is 32.2. The first-order chi connectivity index (χ1) is 10.5. The van der Waals surface area contributed by atoms with Gasteiger partial charge in [0.2, 0.25) is 0 Å². The molecule has 0 aromatic rings. The Morgan fingerprint density at radius 1 is 1.50 bits per heavy atom. The molecule has 2 saturated heterocycles. The van der Waals surface area contributed by atoms with Crippen LogP contribution in [0.5, 0.6) is 0 Å². The van der Waals surface area contributed by atoms with E-state index in [2.05, 4.69) is 19.9 Å². The number of carbonyl (C=O) groups excluding carboxylic acids is 1. The number of hydrogen-bond donors (Lipinski definition) is 1. The van der Waals surface area contributed by atoms with E-state index in [1.165, 1.54) is 5.57 Å². The van der Waals surface area contributed by atoms with Crippen LogP contribution in [-0.2, 0) is 14.3 Å². The van der Waals surface area contributed by atoms with Gasteiger partial charge >= 0.3 is 5.97 Å². The molecule has 5 heteroatoms. The van der Waals surface area contributed by atoms with E-state index in [1.807, 2.05) is 0 Å². The fourth-order valence-corrected chi connectivity index (χ4v) is 4.74. The normalized spacial score (nSPS) is 43.6. The van der Waals surface area contributed by atoms with Gasteiger partial charge in [0.1, 0.15) is 12.2 Å². The quantitative estimate of drug-likeness (QED) is 0.372. The summed E-state index contributed by atoms with van der Waals surface area (Å²) in [7, 11) is 0. The fourth-order valence-electron chi connectivity index (χ4n) is 3.80. The van der Waals surface area contributed by atoms with Gasteiger partial charge in [0.15, 0.2) is 0 Å². The molecule has 0 aromatic carbocycles. The van der Waals surface area contributed by atoms with E-state index in [0.29, 0.717) is 5.75 Å². The zero-order valence-corrected chi connectivity index (χ0v) is 14.2. The van der Waals surface area contributed by atoms with E-state index in [1.54, 1.807) is 11.8 Å². The molecule has 1 N–H and O–H groups in total. The van der Waals surface area contributed by atoms with Crippen molar-refractivity contribution in [1.82, 2.24) is 0 Å². The number of hydrogen-bond acceptors (Lipinski definition) is 5. The summed E-state index contributed by atoms with van der Waals surface area (Å²) in [6.45, 7) is 4.48. The van der Waals surface area contributed by atoms with Crippen molar-refractivity contribution in [2.24, 2.45) is 11.8 Å². The predicted molar refractivity (Wildman–Crippen MR) is 86.8 cm³/mol. The first-order valence-electron chi connectivity index (χ1n) is 8.28. The molecule has 0 spiro atoms. The Kier molecular flexibility index (Phi) is 4.86. The monoisotopic (exact) mass is 326 g/mol. The van der Waals surface area contributed by atoms with Gasteiger partial charge in [0.25, 0.3) is 0 Å². The van der Waals surface area contributed by atoms with Crippen molar-refractivity contribution in [2.45, 2.75) is 57.3 Å². The van der Waals surface area contributed by atoms with Crippen LogP contribution in [-0.4, -0.2) is 47.0 Å². The minimum absolute atomic E-state index is 0.0535. The second-order valence-electron chi connectivity index (χ2n) is 6.95. The summed E-state index contributed by atoms with van der Waals surface area (Å²) in [5, 5.41) is 8.94. The van der Waals surface area contributed by atoms with E-state index >= 15 is 0 Å². The Labute approximate surface area is 136 Å². The van der Waals surface area contributed by atoms with Crippen molar-refractivity contribution < 1.29 is 19.4 Å². The Bertz CT molecular complexity index is 464. The van der Waals surface area contributed by atoms with E-state index in [-0.39, 0.29) is 42.2 Å². The number of aliphatic hydroxyl groups excluding tert-OH is 1. The second kappa shape index (κ2) is 6.54. The molecule has 4 nitrogen and oxygen atoms in total. The average Bonchev–Trinajstić information content (AvgIpc) is 3.04. The van der Waals surface area contributed by atoms with E-state index in [0.717, 1.165) is 31.4 Å². The first kappa shape index (κ1) is 16.3. The van der Waals surface area contributed by atoms with Gasteiger partial charge in [-0.1, -0.05) is 11.6 Å². The fraction of sp³-hybridized carbons (Fsp3) is 0.824. The number of esters is 1. The van der Waals surface area contributed by atoms with Crippen LogP contribution in [0.3, 0.4) is 0 Å². The molecule has 5 atom stereocenters. The van der Waals surface area contributed by atoms with Crippen LogP contribution in [0, 0.1) is 11.8 Å². The third-order valence-corrected chi connectivity index (χ3v) is 6.34. The SMILES string of the molecule is C/C1=C/CCC2(C)OC2C2OC(=O)C(CSCCO)C2CC1. The molecular weight excluding hydrogens is 300 g/mol. The number of allylic oxidation sites excluding steroid dienone is 2. The van der Waals surface area contributed by atoms with Crippen LogP contribution in [0.15, 0.2) is 11.6 Å². The summed E-state index contributed by atoms with van der Waals surface area (Å²) in [4.78, 5) is 12.3. The molecule has 2 aliphatic heterocycles. The smallest absolute Gasteiger partial charge is 0.310 e. The van der Waals surface area contributed by atoms with Crippen LogP contribution in [0.4, 0.5) is 0 Å². The number of fused-ring (bicyclic) bond motifs is 3. The van der Waals surface area contributed by atoms with Gasteiger partial charge in [-0.25, -0.2) is 0 Å². The van der Waals surface area contributed by atoms with Gasteiger partial charge in [-0.2, -0.15) is 11.8 Å². The molecule has 3 rings (SSSR count). The summed E-state index contributed by atoms with van der Waals surface area (Å²) in [6, 6.07) is 0. The topological polar surface area (TPSA) is 59.1 Å². The van der Waals surface area contributed by atoms with Crippen molar-refractivity contribution in [3.63, 3.8) is 0 Å². The minimum Gasteiger partial charge on any atom is -0.459 e. The van der Waals surface area contributed by atoms with Gasteiger partial charge in [0.05, 0.1) is 18.1 Å². The molecule has 3 aliphatic rings. The Hall–Kier alpha value is -0.520. The summed E-state index contributed by atoms with van der Waals surface area (Å²) in [5.41, 5.74) is 1.28. The Balaban J connectivity index is 1.75. The zero-order valence-electron chi connectivity index (χ0n) is 13.4. The molecule has 0 bridgehead atoms. The van der Waals surface area contributed by atoms with Crippen LogP contribution < -0.4 is 0 Å². The lowest BCUT2D eigenvalue weighted by atomic mass is 9.81. The van der Waals surface area contributed by atoms with Crippen LogP contribution in [0.1, 0.15) is 39.5 Å². The molecule has 5 unspecified atom stereocenters. The number of carbonyl (C=O) groups is 1. The average molecular weight is 326 g/mol. The maximum atomic E-state index is 12.3. The third-order valence-electron chi connectivity index (χ3n) is 5.27. The summed E-state index contributed by atoms with van der Waals surface area (Å²) >= 11 is 1.64. The molecule has 0 radical (unpaired) electrons. The highest BCUT2D eigenvalue weighted by Gasteiger charge is 2.62. The van der Waals surface area contributed by atoms with Crippen molar-refractivity contribution >= 4 is 17.7 Å². The number of aliphatic hydroxyl groups is 1. The molecule has 2 fully saturated rings. The van der Waals surface area contributed by atoms with Gasteiger partial charge in [-0.05, 0) is 39.5 Å². The maximum Gasteiger partial charge on any atom is 0.310 e. The van der Waals surface area contributed by atoms with E-state index in [9.17, 15) is 4.79 Å². The van der Waals surface area contributed by atoms with Gasteiger partial charge in [-0.15, -0.1) is 0 Å². The largest absolute Gasteiger partial charge is 0.459 e. The lowest BCUT2D eigenvalue weighted by Gasteiger charge is -2.22. The van der Waals surface area contributed by atoms with Gasteiger partial charge < -0.3 is 14.6 Å². The van der Waals surface area contributed by atoms with Crippen molar-refractivity contribution in [3.05, 3.63) is 11.6 Å². The van der Waals surface area contributed by atoms with Crippen LogP contribution in [0.25, 0.3) is 0 Å². The number of epoxide rings is 1. The molecule has 1 aliphatic carbocycles. The lowest BCUT2D eigenvalue weighted by molar-refractivity contribution is -0.144. The summed E-state index contributed by atoms with van der Waals surface area (Å²) in [5.74, 6) is 1.54. The highest BCUT2D eigenvalue weighted by Crippen LogP contribution is 2.50. The molecular formula is C17H26O4S. The molecule has 0 saturated carbocycles. The molecule has 0 amide bonds. The number of rotatable bonds is 4. The highest BCUT2D eigenvalue weighted by molar-refractivity contribution is 7.99. The Morgan fingerprint density at radius 2 is 2.32 bits per heavy atom. The van der Waals surface area contributed by atoms with E-state index < -0.39 is 0 Å². The standard InChI is InChI=1S/C17H26O4S/c1-11-4-3-7-17(2)15(21-17)14-12(6-5-11)13(16(19)20-14)10-22-9-8-18/h4,12-15,18H,3,5-10H2,1-2H3/b11-4-. The lowest BCUT2D eigenvalue weighted by Crippen LogP contribution is -2.31. The first-order valence-corrected chi connectivity index (χ1v) is 9.43. The third kappa shape index (κ3) is 3.22. The predicted octanol–water partition coefficient (Wildman–Crippen LogP) is 2.55. The van der Waals surface area contributed by atoms with Crippen LogP contribution >= 0.6 is 11.8 Å². The second-order valence-corrected chi connectivity index (χ2v) is 8.10. The molecule has 22 heavy (non-hydrogen) atoms. The van der Waals surface area contributed by atoms with Crippen molar-refractivity contribution in [1.29, 1.82) is 0 Å². The Morgan fingerprint density at radius 3 is 3.09 bits per heavy atom. The maximum absolute atomic E-state index is 12.3. The minimum atomic E-state index is -0.121. The van der Waals surface area contributed by atoms with Crippen LogP contribution in [0.2, 0.25) is 0 Å². The summed E-state index contributed by atoms with van der Waals surface area (Å²) < 4.78 is 11.7. The zero-order chi connectivity index (χ0) is 15.7. The van der Waals surface area contributed by atoms with Gasteiger partial charge in [-0.3, -0.25) is 4.79 Å². The molecule has 124 valence electrons. The van der Waals surface area contributed by atoms with Gasteiger partial charge in [0, 0.05) is 17.4 Å². The number of thioether (sulfide) groups is 1. The molecule has 0 aromatic heterocycles. The van der Waals surface area contributed by atoms with Crippen molar-refractivity contribution in [3.8, 4) is 0 Å². The van der Waals surface area contributed by atoms with Crippen molar-refractivity contribution in [2.75, 3.05) is 18.1 Å². The molecule has 2 heterocycles. The van der Waals surface area contributed by atoms with E-state index in [4.69, 9.17) is 14.6 Å².